The Hall–Kier alpha value is -2.31. The summed E-state index contributed by atoms with van der Waals surface area (Å²) in [6, 6.07) is 7.53. The third kappa shape index (κ3) is 4.39. The fraction of sp³-hybridized carbons (Fsp3) is 0.500. The number of benzene rings is 1. The lowest BCUT2D eigenvalue weighted by Gasteiger charge is -2.22. The van der Waals surface area contributed by atoms with Gasteiger partial charge in [0.25, 0.3) is 5.91 Å². The Bertz CT molecular complexity index is 781. The van der Waals surface area contributed by atoms with E-state index in [2.05, 4.69) is 5.32 Å². The van der Waals surface area contributed by atoms with Crippen LogP contribution in [0.1, 0.15) is 60.4 Å². The first-order valence-electron chi connectivity index (χ1n) is 10.00. The highest BCUT2D eigenvalue weighted by molar-refractivity contribution is 6.01. The molecule has 1 atom stereocenters. The lowest BCUT2D eigenvalue weighted by atomic mass is 9.90. The average Bonchev–Trinajstić information content (AvgIpc) is 3.12. The first kappa shape index (κ1) is 20.4. The molecular weight excluding hydrogens is 358 g/mol. The van der Waals surface area contributed by atoms with Gasteiger partial charge in [-0.05, 0) is 56.9 Å². The second-order valence-corrected chi connectivity index (χ2v) is 6.89. The monoisotopic (exact) mass is 387 g/mol. The summed E-state index contributed by atoms with van der Waals surface area (Å²) >= 11 is 0. The van der Waals surface area contributed by atoms with E-state index < -0.39 is 0 Å². The lowest BCUT2D eigenvalue weighted by Crippen LogP contribution is -2.27. The molecule has 1 aliphatic rings. The van der Waals surface area contributed by atoms with E-state index in [4.69, 9.17) is 19.0 Å². The van der Waals surface area contributed by atoms with Crippen LogP contribution in [0.3, 0.4) is 0 Å². The zero-order valence-electron chi connectivity index (χ0n) is 16.6. The number of fused-ring (bicyclic) bond motifs is 1. The number of carbonyl (C=O) groups is 1. The summed E-state index contributed by atoms with van der Waals surface area (Å²) in [5.41, 5.74) is 2.30. The van der Waals surface area contributed by atoms with Gasteiger partial charge in [-0.15, -0.1) is 0 Å². The predicted octanol–water partition coefficient (Wildman–Crippen LogP) is 3.87. The van der Waals surface area contributed by atoms with E-state index in [1.54, 1.807) is 7.11 Å². The van der Waals surface area contributed by atoms with E-state index in [1.165, 1.54) is 0 Å². The van der Waals surface area contributed by atoms with Gasteiger partial charge in [0.2, 0.25) is 0 Å². The molecule has 1 aromatic heterocycles. The lowest BCUT2D eigenvalue weighted by molar-refractivity contribution is 0.0474. The van der Waals surface area contributed by atoms with Crippen LogP contribution in [0.4, 0.5) is 0 Å². The highest BCUT2D eigenvalue weighted by Gasteiger charge is 2.33. The quantitative estimate of drug-likeness (QED) is 0.639. The number of amides is 1. The molecule has 0 radical (unpaired) electrons. The van der Waals surface area contributed by atoms with Crippen molar-refractivity contribution in [2.75, 3.05) is 26.9 Å². The van der Waals surface area contributed by atoms with Crippen LogP contribution in [0.5, 0.6) is 5.75 Å². The fourth-order valence-corrected chi connectivity index (χ4v) is 3.68. The van der Waals surface area contributed by atoms with Crippen molar-refractivity contribution in [3.05, 3.63) is 41.2 Å². The Balaban J connectivity index is 1.99. The van der Waals surface area contributed by atoms with Crippen molar-refractivity contribution in [3.63, 3.8) is 0 Å². The third-order valence-corrected chi connectivity index (χ3v) is 5.03. The van der Waals surface area contributed by atoms with Crippen LogP contribution in [-0.2, 0) is 11.2 Å². The van der Waals surface area contributed by atoms with Gasteiger partial charge in [0.05, 0.1) is 18.8 Å². The molecule has 2 N–H and O–H groups in total. The molecule has 1 heterocycles. The van der Waals surface area contributed by atoms with Gasteiger partial charge < -0.3 is 24.3 Å². The number of ether oxygens (including phenoxy) is 2. The summed E-state index contributed by atoms with van der Waals surface area (Å²) in [7, 11) is 1.62. The molecule has 1 amide bonds. The summed E-state index contributed by atoms with van der Waals surface area (Å²) in [5, 5.41) is 11.9. The second kappa shape index (κ2) is 9.75. The van der Waals surface area contributed by atoms with Gasteiger partial charge in [-0.2, -0.15) is 0 Å². The summed E-state index contributed by atoms with van der Waals surface area (Å²) in [6.07, 6.45) is 3.94. The van der Waals surface area contributed by atoms with Crippen molar-refractivity contribution in [2.45, 2.75) is 45.1 Å². The largest absolute Gasteiger partial charge is 0.497 e. The minimum Gasteiger partial charge on any atom is -0.497 e. The van der Waals surface area contributed by atoms with Crippen molar-refractivity contribution in [3.8, 4) is 17.1 Å². The van der Waals surface area contributed by atoms with Crippen LogP contribution < -0.4 is 10.1 Å². The predicted molar refractivity (Wildman–Crippen MR) is 107 cm³/mol. The molecular formula is C22H29NO5. The van der Waals surface area contributed by atoms with Crippen molar-refractivity contribution in [1.29, 1.82) is 0 Å². The Kier molecular flexibility index (Phi) is 7.12. The summed E-state index contributed by atoms with van der Waals surface area (Å²) < 4.78 is 17.4. The van der Waals surface area contributed by atoms with Crippen molar-refractivity contribution in [1.82, 2.24) is 5.32 Å². The van der Waals surface area contributed by atoms with Gasteiger partial charge in [-0.1, -0.05) is 0 Å². The van der Waals surface area contributed by atoms with Crippen molar-refractivity contribution >= 4 is 5.91 Å². The molecule has 6 heteroatoms. The smallest absolute Gasteiger partial charge is 0.255 e. The highest BCUT2D eigenvalue weighted by atomic mass is 16.5. The first-order chi connectivity index (χ1) is 13.7. The molecule has 3 rings (SSSR count). The number of unbranched alkanes of at least 4 members (excludes halogenated alkanes) is 1. The fourth-order valence-electron chi connectivity index (χ4n) is 3.68. The molecule has 1 aliphatic carbocycles. The van der Waals surface area contributed by atoms with E-state index in [-0.39, 0.29) is 18.6 Å². The second-order valence-electron chi connectivity index (χ2n) is 6.89. The molecule has 0 saturated carbocycles. The molecule has 0 spiro atoms. The Morgan fingerprint density at radius 2 is 2.07 bits per heavy atom. The van der Waals surface area contributed by atoms with E-state index >= 15 is 0 Å². The maximum atomic E-state index is 13.1. The maximum Gasteiger partial charge on any atom is 0.255 e. The van der Waals surface area contributed by atoms with E-state index in [0.29, 0.717) is 30.9 Å². The Morgan fingerprint density at radius 1 is 1.29 bits per heavy atom. The topological polar surface area (TPSA) is 80.9 Å². The number of carbonyl (C=O) groups excluding carboxylic acids is 1. The molecule has 28 heavy (non-hydrogen) atoms. The minimum atomic E-state index is -0.152. The van der Waals surface area contributed by atoms with Crippen LogP contribution in [0.2, 0.25) is 0 Å². The minimum absolute atomic E-state index is 0.123. The van der Waals surface area contributed by atoms with Crippen LogP contribution in [0, 0.1) is 0 Å². The molecule has 0 aliphatic heterocycles. The van der Waals surface area contributed by atoms with E-state index in [9.17, 15) is 4.79 Å². The molecule has 1 aromatic carbocycles. The number of hydrogen-bond acceptors (Lipinski definition) is 5. The SMILES string of the molecule is CCOC1CCCc2oc(-c3ccc(OC)cc3)c(C(=O)NCCCCO)c21. The van der Waals surface area contributed by atoms with Crippen molar-refractivity contribution < 1.29 is 23.8 Å². The van der Waals surface area contributed by atoms with Gasteiger partial charge in [0, 0.05) is 37.3 Å². The van der Waals surface area contributed by atoms with Crippen LogP contribution >= 0.6 is 0 Å². The van der Waals surface area contributed by atoms with Crippen LogP contribution in [0.25, 0.3) is 11.3 Å². The number of rotatable bonds is 9. The number of aliphatic hydroxyl groups is 1. The zero-order valence-corrected chi connectivity index (χ0v) is 16.6. The van der Waals surface area contributed by atoms with Gasteiger partial charge in [-0.3, -0.25) is 4.79 Å². The number of hydrogen-bond donors (Lipinski definition) is 2. The van der Waals surface area contributed by atoms with E-state index in [0.717, 1.165) is 48.3 Å². The molecule has 2 aromatic rings. The standard InChI is InChI=1S/C22H29NO5/c1-3-27-17-7-6-8-18-19(17)20(22(25)23-13-4-5-14-24)21(28-18)15-9-11-16(26-2)12-10-15/h9-12,17,24H,3-8,13-14H2,1-2H3,(H,23,25). The maximum absolute atomic E-state index is 13.1. The summed E-state index contributed by atoms with van der Waals surface area (Å²) in [6.45, 7) is 3.19. The number of methoxy groups -OCH3 is 1. The van der Waals surface area contributed by atoms with Gasteiger partial charge in [0.15, 0.2) is 0 Å². The molecule has 0 bridgehead atoms. The number of nitrogens with one attached hydrogen (secondary N) is 1. The Labute approximate surface area is 165 Å². The zero-order chi connectivity index (χ0) is 19.9. The normalized spacial score (nSPS) is 15.9. The Morgan fingerprint density at radius 3 is 2.75 bits per heavy atom. The van der Waals surface area contributed by atoms with E-state index in [1.807, 2.05) is 31.2 Å². The van der Waals surface area contributed by atoms with Gasteiger partial charge in [-0.25, -0.2) is 0 Å². The number of aliphatic hydroxyl groups excluding tert-OH is 1. The van der Waals surface area contributed by atoms with Crippen LogP contribution in [0.15, 0.2) is 28.7 Å². The highest BCUT2D eigenvalue weighted by Crippen LogP contribution is 2.42. The van der Waals surface area contributed by atoms with Gasteiger partial charge in [0.1, 0.15) is 17.3 Å². The van der Waals surface area contributed by atoms with Gasteiger partial charge >= 0.3 is 0 Å². The molecule has 0 saturated heterocycles. The molecule has 1 unspecified atom stereocenters. The summed E-state index contributed by atoms with van der Waals surface area (Å²) in [5.74, 6) is 2.03. The van der Waals surface area contributed by atoms with Crippen molar-refractivity contribution in [2.24, 2.45) is 0 Å². The third-order valence-electron chi connectivity index (χ3n) is 5.03. The molecule has 0 fully saturated rings. The first-order valence-corrected chi connectivity index (χ1v) is 10.00. The molecule has 6 nitrogen and oxygen atoms in total. The average molecular weight is 387 g/mol. The number of aryl methyl sites for hydroxylation is 1. The number of furan rings is 1. The molecule has 152 valence electrons. The summed E-state index contributed by atoms with van der Waals surface area (Å²) in [4.78, 5) is 13.1. The van der Waals surface area contributed by atoms with Crippen LogP contribution in [-0.4, -0.2) is 37.9 Å².